The molecular weight excluding hydrogens is 200 g/mol. The molecule has 0 aliphatic rings. The van der Waals surface area contributed by atoms with Gasteiger partial charge in [-0.05, 0) is 22.9 Å². The van der Waals surface area contributed by atoms with Crippen molar-refractivity contribution in [3.05, 3.63) is 42.5 Å². The van der Waals surface area contributed by atoms with Gasteiger partial charge in [-0.2, -0.15) is 0 Å². The minimum absolute atomic E-state index is 0.284. The Balaban J connectivity index is 2.10. The van der Waals surface area contributed by atoms with Crippen LogP contribution in [0.3, 0.4) is 0 Å². The van der Waals surface area contributed by atoms with Gasteiger partial charge in [-0.3, -0.25) is 4.79 Å². The zero-order valence-corrected chi connectivity index (χ0v) is 8.94. The quantitative estimate of drug-likeness (QED) is 0.819. The van der Waals surface area contributed by atoms with Crippen molar-refractivity contribution in [1.82, 2.24) is 0 Å². The topological polar surface area (TPSA) is 55.1 Å². The second-order valence-electron chi connectivity index (χ2n) is 3.71. The summed E-state index contributed by atoms with van der Waals surface area (Å²) in [5, 5.41) is 5.56. The summed E-state index contributed by atoms with van der Waals surface area (Å²) < 4.78 is 0. The number of fused-ring (bicyclic) bond motifs is 1. The highest BCUT2D eigenvalue weighted by Gasteiger charge is 1.97. The molecule has 0 heterocycles. The van der Waals surface area contributed by atoms with E-state index in [2.05, 4.69) is 29.6 Å². The SMILES string of the molecule is NC(=O)CCNc1ccc2ccccc2c1. The number of primary amides is 1. The van der Waals surface area contributed by atoms with Gasteiger partial charge in [0.1, 0.15) is 0 Å². The van der Waals surface area contributed by atoms with E-state index in [1.807, 2.05) is 18.2 Å². The molecule has 0 spiro atoms. The maximum atomic E-state index is 10.6. The summed E-state index contributed by atoms with van der Waals surface area (Å²) in [6.07, 6.45) is 0.354. The number of amides is 1. The lowest BCUT2D eigenvalue weighted by Crippen LogP contribution is -2.15. The van der Waals surface area contributed by atoms with E-state index in [9.17, 15) is 4.79 Å². The summed E-state index contributed by atoms with van der Waals surface area (Å²) in [7, 11) is 0. The van der Waals surface area contributed by atoms with Gasteiger partial charge in [0, 0.05) is 18.7 Å². The molecule has 3 heteroatoms. The number of hydrogen-bond acceptors (Lipinski definition) is 2. The Labute approximate surface area is 94.3 Å². The first kappa shape index (κ1) is 10.5. The number of carbonyl (C=O) groups excluding carboxylic acids is 1. The van der Waals surface area contributed by atoms with Crippen LogP contribution in [-0.4, -0.2) is 12.5 Å². The summed E-state index contributed by atoms with van der Waals surface area (Å²) >= 11 is 0. The van der Waals surface area contributed by atoms with Crippen molar-refractivity contribution in [2.75, 3.05) is 11.9 Å². The van der Waals surface area contributed by atoms with E-state index in [1.54, 1.807) is 0 Å². The lowest BCUT2D eigenvalue weighted by atomic mass is 10.1. The van der Waals surface area contributed by atoms with Crippen molar-refractivity contribution in [3.63, 3.8) is 0 Å². The van der Waals surface area contributed by atoms with E-state index < -0.39 is 0 Å². The minimum Gasteiger partial charge on any atom is -0.385 e. The highest BCUT2D eigenvalue weighted by Crippen LogP contribution is 2.18. The van der Waals surface area contributed by atoms with Gasteiger partial charge in [0.25, 0.3) is 0 Å². The van der Waals surface area contributed by atoms with Gasteiger partial charge in [0.2, 0.25) is 5.91 Å². The van der Waals surface area contributed by atoms with Crippen molar-refractivity contribution in [1.29, 1.82) is 0 Å². The second-order valence-corrected chi connectivity index (χ2v) is 3.71. The van der Waals surface area contributed by atoms with Crippen LogP contribution in [-0.2, 0) is 4.79 Å². The van der Waals surface area contributed by atoms with Crippen LogP contribution in [0.5, 0.6) is 0 Å². The summed E-state index contributed by atoms with van der Waals surface area (Å²) in [5.74, 6) is -0.284. The van der Waals surface area contributed by atoms with Crippen molar-refractivity contribution in [2.24, 2.45) is 5.73 Å². The van der Waals surface area contributed by atoms with Crippen LogP contribution >= 0.6 is 0 Å². The molecular formula is C13H14N2O. The van der Waals surface area contributed by atoms with Gasteiger partial charge in [-0.25, -0.2) is 0 Å². The predicted octanol–water partition coefficient (Wildman–Crippen LogP) is 2.13. The molecule has 0 unspecified atom stereocenters. The molecule has 2 aromatic rings. The first-order valence-electron chi connectivity index (χ1n) is 5.27. The summed E-state index contributed by atoms with van der Waals surface area (Å²) in [6.45, 7) is 0.577. The van der Waals surface area contributed by atoms with Crippen LogP contribution < -0.4 is 11.1 Å². The summed E-state index contributed by atoms with van der Waals surface area (Å²) in [4.78, 5) is 10.6. The van der Waals surface area contributed by atoms with Crippen LogP contribution in [0, 0.1) is 0 Å². The fourth-order valence-electron chi connectivity index (χ4n) is 1.63. The van der Waals surface area contributed by atoms with Crippen LogP contribution in [0.4, 0.5) is 5.69 Å². The number of carbonyl (C=O) groups is 1. The molecule has 0 aromatic heterocycles. The van der Waals surface area contributed by atoms with Gasteiger partial charge >= 0.3 is 0 Å². The number of anilines is 1. The van der Waals surface area contributed by atoms with Gasteiger partial charge in [0.05, 0.1) is 0 Å². The van der Waals surface area contributed by atoms with Crippen molar-refractivity contribution in [2.45, 2.75) is 6.42 Å². The lowest BCUT2D eigenvalue weighted by molar-refractivity contribution is -0.117. The second kappa shape index (κ2) is 4.66. The molecule has 3 nitrogen and oxygen atoms in total. The summed E-state index contributed by atoms with van der Waals surface area (Å²) in [5.41, 5.74) is 6.08. The zero-order chi connectivity index (χ0) is 11.4. The molecule has 3 N–H and O–H groups in total. The maximum Gasteiger partial charge on any atom is 0.219 e. The van der Waals surface area contributed by atoms with E-state index in [4.69, 9.17) is 5.73 Å². The van der Waals surface area contributed by atoms with E-state index in [-0.39, 0.29) is 5.91 Å². The molecule has 16 heavy (non-hydrogen) atoms. The van der Waals surface area contributed by atoms with E-state index in [0.29, 0.717) is 13.0 Å². The minimum atomic E-state index is -0.284. The molecule has 0 bridgehead atoms. The van der Waals surface area contributed by atoms with Gasteiger partial charge in [-0.1, -0.05) is 30.3 Å². The smallest absolute Gasteiger partial charge is 0.219 e. The zero-order valence-electron chi connectivity index (χ0n) is 8.94. The first-order valence-corrected chi connectivity index (χ1v) is 5.27. The molecule has 0 fully saturated rings. The molecule has 0 saturated carbocycles. The average molecular weight is 214 g/mol. The molecule has 0 aliphatic heterocycles. The third-order valence-electron chi connectivity index (χ3n) is 2.45. The van der Waals surface area contributed by atoms with Crippen LogP contribution in [0.1, 0.15) is 6.42 Å². The number of rotatable bonds is 4. The largest absolute Gasteiger partial charge is 0.385 e. The lowest BCUT2D eigenvalue weighted by Gasteiger charge is -2.06. The van der Waals surface area contributed by atoms with Gasteiger partial charge in [-0.15, -0.1) is 0 Å². The van der Waals surface area contributed by atoms with Crippen molar-refractivity contribution in [3.8, 4) is 0 Å². The number of hydrogen-bond donors (Lipinski definition) is 2. The number of nitrogens with two attached hydrogens (primary N) is 1. The van der Waals surface area contributed by atoms with Crippen molar-refractivity contribution < 1.29 is 4.79 Å². The van der Waals surface area contributed by atoms with E-state index in [0.717, 1.165) is 5.69 Å². The Bertz CT molecular complexity index is 508. The Kier molecular flexibility index (Phi) is 3.05. The molecule has 2 aromatic carbocycles. The van der Waals surface area contributed by atoms with Crippen molar-refractivity contribution >= 4 is 22.4 Å². The molecule has 0 aliphatic carbocycles. The first-order chi connectivity index (χ1) is 7.75. The third kappa shape index (κ3) is 2.51. The highest BCUT2D eigenvalue weighted by atomic mass is 16.1. The fourth-order valence-corrected chi connectivity index (χ4v) is 1.63. The van der Waals surface area contributed by atoms with E-state index in [1.165, 1.54) is 10.8 Å². The van der Waals surface area contributed by atoms with Crippen LogP contribution in [0.2, 0.25) is 0 Å². The molecule has 2 rings (SSSR count). The molecule has 0 saturated heterocycles. The average Bonchev–Trinajstić information content (AvgIpc) is 2.28. The fraction of sp³-hybridized carbons (Fsp3) is 0.154. The van der Waals surface area contributed by atoms with Gasteiger partial charge < -0.3 is 11.1 Å². The number of benzene rings is 2. The highest BCUT2D eigenvalue weighted by molar-refractivity contribution is 5.85. The monoisotopic (exact) mass is 214 g/mol. The Hall–Kier alpha value is -2.03. The molecule has 0 radical (unpaired) electrons. The Morgan fingerprint density at radius 2 is 1.88 bits per heavy atom. The normalized spacial score (nSPS) is 10.2. The maximum absolute atomic E-state index is 10.6. The van der Waals surface area contributed by atoms with Gasteiger partial charge in [0.15, 0.2) is 0 Å². The molecule has 0 atom stereocenters. The summed E-state index contributed by atoms with van der Waals surface area (Å²) in [6, 6.07) is 14.3. The third-order valence-corrected chi connectivity index (χ3v) is 2.45. The molecule has 1 amide bonds. The van der Waals surface area contributed by atoms with Crippen LogP contribution in [0.15, 0.2) is 42.5 Å². The standard InChI is InChI=1S/C13H14N2O/c14-13(16)7-8-15-12-6-5-10-3-1-2-4-11(10)9-12/h1-6,9,15H,7-8H2,(H2,14,16). The predicted molar refractivity (Wildman–Crippen MR) is 66.2 cm³/mol. The Morgan fingerprint density at radius 3 is 2.62 bits per heavy atom. The molecule has 82 valence electrons. The Morgan fingerprint density at radius 1 is 1.12 bits per heavy atom. The van der Waals surface area contributed by atoms with E-state index >= 15 is 0 Å². The number of nitrogens with one attached hydrogen (secondary N) is 1. The van der Waals surface area contributed by atoms with Crippen LogP contribution in [0.25, 0.3) is 10.8 Å².